The molecule has 132 valence electrons. The van der Waals surface area contributed by atoms with E-state index in [4.69, 9.17) is 9.47 Å². The second kappa shape index (κ2) is 8.90. The fraction of sp³-hybridized carbons (Fsp3) is 0.471. The van der Waals surface area contributed by atoms with Crippen LogP contribution < -0.4 is 10.1 Å². The molecule has 0 saturated heterocycles. The molecule has 0 aliphatic carbocycles. The van der Waals surface area contributed by atoms with Crippen molar-refractivity contribution in [1.82, 2.24) is 5.32 Å². The number of hydrogen-bond donors (Lipinski definition) is 1. The zero-order chi connectivity index (χ0) is 18.2. The van der Waals surface area contributed by atoms with Crippen LogP contribution in [0, 0.1) is 0 Å². The molecule has 0 saturated carbocycles. The Morgan fingerprint density at radius 1 is 1.17 bits per heavy atom. The number of alkyl carbamates (subject to hydrolysis) is 1. The van der Waals surface area contributed by atoms with E-state index >= 15 is 0 Å². The van der Waals surface area contributed by atoms with E-state index in [1.54, 1.807) is 39.8 Å². The lowest BCUT2D eigenvalue weighted by Gasteiger charge is -2.19. The van der Waals surface area contributed by atoms with Crippen molar-refractivity contribution in [2.45, 2.75) is 33.3 Å². The lowest BCUT2D eigenvalue weighted by molar-refractivity contribution is -0.137. The van der Waals surface area contributed by atoms with Gasteiger partial charge in [0.1, 0.15) is 18.0 Å². The highest BCUT2D eigenvalue weighted by molar-refractivity contribution is 6.40. The van der Waals surface area contributed by atoms with Gasteiger partial charge in [0.05, 0.1) is 13.2 Å². The fourth-order valence-electron chi connectivity index (χ4n) is 1.68. The highest BCUT2D eigenvalue weighted by Gasteiger charge is 2.18. The maximum absolute atomic E-state index is 11.8. The number of carbonyl (C=O) groups is 3. The van der Waals surface area contributed by atoms with E-state index in [1.807, 2.05) is 0 Å². The van der Waals surface area contributed by atoms with Gasteiger partial charge >= 0.3 is 12.1 Å². The van der Waals surface area contributed by atoms with Gasteiger partial charge < -0.3 is 19.5 Å². The van der Waals surface area contributed by atoms with Gasteiger partial charge in [-0.1, -0.05) is 12.1 Å². The molecule has 0 bridgehead atoms. The van der Waals surface area contributed by atoms with Crippen LogP contribution in [0.1, 0.15) is 38.1 Å². The summed E-state index contributed by atoms with van der Waals surface area (Å²) >= 11 is 0. The number of ether oxygens (including phenoxy) is 3. The molecular formula is C17H23NO6. The van der Waals surface area contributed by atoms with Crippen molar-refractivity contribution in [3.8, 4) is 5.75 Å². The van der Waals surface area contributed by atoms with E-state index in [-0.39, 0.29) is 25.3 Å². The molecule has 1 N–H and O–H groups in total. The Hall–Kier alpha value is -2.57. The van der Waals surface area contributed by atoms with E-state index in [1.165, 1.54) is 12.1 Å². The molecule has 0 fully saturated rings. The number of rotatable bonds is 7. The van der Waals surface area contributed by atoms with Gasteiger partial charge in [-0.15, -0.1) is 0 Å². The SMILES string of the molecule is CCOC(=O)C(=O)c1cccc(OCCNC(=O)OC(C)(C)C)c1. The summed E-state index contributed by atoms with van der Waals surface area (Å²) < 4.78 is 15.2. The Morgan fingerprint density at radius 2 is 1.88 bits per heavy atom. The van der Waals surface area contributed by atoms with Crippen LogP contribution in [0.15, 0.2) is 24.3 Å². The van der Waals surface area contributed by atoms with Crippen molar-refractivity contribution >= 4 is 17.8 Å². The van der Waals surface area contributed by atoms with Crippen molar-refractivity contribution in [3.05, 3.63) is 29.8 Å². The minimum absolute atomic E-state index is 0.136. The van der Waals surface area contributed by atoms with Gasteiger partial charge in [0.15, 0.2) is 0 Å². The monoisotopic (exact) mass is 337 g/mol. The Kier molecular flexibility index (Phi) is 7.23. The van der Waals surface area contributed by atoms with Crippen LogP contribution in [0.4, 0.5) is 4.79 Å². The second-order valence-corrected chi connectivity index (χ2v) is 5.85. The quantitative estimate of drug-likeness (QED) is 0.355. The van der Waals surface area contributed by atoms with Crippen LogP contribution in [-0.2, 0) is 14.3 Å². The predicted octanol–water partition coefficient (Wildman–Crippen LogP) is 2.34. The molecule has 7 heteroatoms. The largest absolute Gasteiger partial charge is 0.492 e. The lowest BCUT2D eigenvalue weighted by Crippen LogP contribution is -2.34. The first kappa shape index (κ1) is 19.5. The van der Waals surface area contributed by atoms with Gasteiger partial charge in [-0.25, -0.2) is 9.59 Å². The van der Waals surface area contributed by atoms with Crippen LogP contribution >= 0.6 is 0 Å². The molecule has 1 aromatic rings. The summed E-state index contributed by atoms with van der Waals surface area (Å²) in [5.41, 5.74) is -0.377. The molecule has 0 aliphatic heterocycles. The van der Waals surface area contributed by atoms with Crippen molar-refractivity contribution < 1.29 is 28.6 Å². The van der Waals surface area contributed by atoms with Crippen molar-refractivity contribution in [1.29, 1.82) is 0 Å². The number of hydrogen-bond acceptors (Lipinski definition) is 6. The maximum atomic E-state index is 11.8. The smallest absolute Gasteiger partial charge is 0.407 e. The Bertz CT molecular complexity index is 591. The highest BCUT2D eigenvalue weighted by Crippen LogP contribution is 2.14. The molecule has 24 heavy (non-hydrogen) atoms. The number of Topliss-reactive ketones (excluding diaryl/α,β-unsaturated/α-hetero) is 1. The first-order valence-electron chi connectivity index (χ1n) is 7.64. The average molecular weight is 337 g/mol. The zero-order valence-corrected chi connectivity index (χ0v) is 14.4. The third-order valence-corrected chi connectivity index (χ3v) is 2.60. The molecule has 0 radical (unpaired) electrons. The summed E-state index contributed by atoms with van der Waals surface area (Å²) in [4.78, 5) is 34.7. The first-order chi connectivity index (χ1) is 11.2. The fourth-order valence-corrected chi connectivity index (χ4v) is 1.68. The molecule has 0 atom stereocenters. The third kappa shape index (κ3) is 7.13. The standard InChI is InChI=1S/C17H23NO6/c1-5-22-15(20)14(19)12-7-6-8-13(11-12)23-10-9-18-16(21)24-17(2,3)4/h6-8,11H,5,9-10H2,1-4H3,(H,18,21). The van der Waals surface area contributed by atoms with Crippen molar-refractivity contribution in [2.75, 3.05) is 19.8 Å². The summed E-state index contributed by atoms with van der Waals surface area (Å²) in [7, 11) is 0. The molecule has 7 nitrogen and oxygen atoms in total. The molecule has 0 unspecified atom stereocenters. The predicted molar refractivity (Wildman–Crippen MR) is 87.1 cm³/mol. The normalized spacial score (nSPS) is 10.7. The molecule has 0 aliphatic rings. The number of ketones is 1. The van der Waals surface area contributed by atoms with Crippen LogP contribution in [0.5, 0.6) is 5.75 Å². The minimum atomic E-state index is -0.902. The molecule has 0 aromatic heterocycles. The van der Waals surface area contributed by atoms with Crippen molar-refractivity contribution in [3.63, 3.8) is 0 Å². The van der Waals surface area contributed by atoms with Crippen molar-refractivity contribution in [2.24, 2.45) is 0 Å². The van der Waals surface area contributed by atoms with Gasteiger partial charge in [0.2, 0.25) is 0 Å². The topological polar surface area (TPSA) is 90.9 Å². The number of amides is 1. The highest BCUT2D eigenvalue weighted by atomic mass is 16.6. The van der Waals surface area contributed by atoms with E-state index in [0.29, 0.717) is 5.75 Å². The maximum Gasteiger partial charge on any atom is 0.407 e. The second-order valence-electron chi connectivity index (χ2n) is 5.85. The summed E-state index contributed by atoms with van der Waals surface area (Å²) in [6, 6.07) is 6.20. The van der Waals surface area contributed by atoms with E-state index < -0.39 is 23.4 Å². The van der Waals surface area contributed by atoms with Gasteiger partial charge in [-0.2, -0.15) is 0 Å². The molecular weight excluding hydrogens is 314 g/mol. The Labute approximate surface area is 141 Å². The van der Waals surface area contributed by atoms with E-state index in [9.17, 15) is 14.4 Å². The first-order valence-corrected chi connectivity index (χ1v) is 7.64. The van der Waals surface area contributed by atoms with Crippen LogP contribution in [0.2, 0.25) is 0 Å². The Balaban J connectivity index is 2.47. The molecule has 0 spiro atoms. The summed E-state index contributed by atoms with van der Waals surface area (Å²) in [6.45, 7) is 7.51. The average Bonchev–Trinajstić information content (AvgIpc) is 2.49. The number of nitrogens with one attached hydrogen (secondary N) is 1. The number of carbonyl (C=O) groups excluding carboxylic acids is 3. The van der Waals surface area contributed by atoms with Gasteiger partial charge in [0, 0.05) is 5.56 Å². The molecule has 0 heterocycles. The van der Waals surface area contributed by atoms with E-state index in [2.05, 4.69) is 10.1 Å². The minimum Gasteiger partial charge on any atom is -0.492 e. The van der Waals surface area contributed by atoms with Crippen LogP contribution in [0.25, 0.3) is 0 Å². The summed E-state index contributed by atoms with van der Waals surface area (Å²) in [5, 5.41) is 2.55. The number of benzene rings is 1. The third-order valence-electron chi connectivity index (χ3n) is 2.60. The molecule has 1 amide bonds. The van der Waals surface area contributed by atoms with Gasteiger partial charge in [0.25, 0.3) is 5.78 Å². The molecule has 1 rings (SSSR count). The van der Waals surface area contributed by atoms with Gasteiger partial charge in [-0.3, -0.25) is 4.79 Å². The van der Waals surface area contributed by atoms with Crippen LogP contribution in [0.3, 0.4) is 0 Å². The summed E-state index contributed by atoms with van der Waals surface area (Å²) in [6.07, 6.45) is -0.530. The zero-order valence-electron chi connectivity index (χ0n) is 14.4. The van der Waals surface area contributed by atoms with Crippen LogP contribution in [-0.4, -0.2) is 43.2 Å². The Morgan fingerprint density at radius 3 is 2.50 bits per heavy atom. The van der Waals surface area contributed by atoms with Gasteiger partial charge in [-0.05, 0) is 39.8 Å². The molecule has 1 aromatic carbocycles. The van der Waals surface area contributed by atoms with E-state index in [0.717, 1.165) is 0 Å². The number of esters is 1. The summed E-state index contributed by atoms with van der Waals surface area (Å²) in [5.74, 6) is -1.22. The lowest BCUT2D eigenvalue weighted by atomic mass is 10.1.